The van der Waals surface area contributed by atoms with E-state index < -0.39 is 5.97 Å². The van der Waals surface area contributed by atoms with E-state index in [1.165, 1.54) is 18.3 Å². The summed E-state index contributed by atoms with van der Waals surface area (Å²) in [5, 5.41) is 9.12. The number of hydrazone groups is 1. The second kappa shape index (κ2) is 9.90. The molecule has 2 aromatic rings. The number of carbonyl (C=O) groups excluding carboxylic acids is 2. The summed E-state index contributed by atoms with van der Waals surface area (Å²) in [5.74, 6) is -0.576. The van der Waals surface area contributed by atoms with Crippen LogP contribution in [0, 0.1) is 0 Å². The average molecular weight is 427 g/mol. The molecule has 2 N–H and O–H groups in total. The molecule has 0 aliphatic carbocycles. The number of hydrogen-bond donors (Lipinski definition) is 2. The highest BCUT2D eigenvalue weighted by Crippen LogP contribution is 2.26. The van der Waals surface area contributed by atoms with Gasteiger partial charge in [0.15, 0.2) is 0 Å². The zero-order valence-electron chi connectivity index (χ0n) is 14.0. The van der Waals surface area contributed by atoms with E-state index in [0.29, 0.717) is 11.7 Å². The van der Waals surface area contributed by atoms with Crippen LogP contribution in [-0.2, 0) is 14.3 Å². The molecule has 7 nitrogen and oxygen atoms in total. The number of benzene rings is 1. The van der Waals surface area contributed by atoms with Crippen molar-refractivity contribution in [3.63, 3.8) is 0 Å². The van der Waals surface area contributed by atoms with Crippen molar-refractivity contribution in [1.82, 2.24) is 4.98 Å². The van der Waals surface area contributed by atoms with E-state index >= 15 is 0 Å². The van der Waals surface area contributed by atoms with E-state index in [-0.39, 0.29) is 28.6 Å². The Morgan fingerprint density at radius 2 is 1.92 bits per heavy atom. The third-order valence-electron chi connectivity index (χ3n) is 2.90. The van der Waals surface area contributed by atoms with Gasteiger partial charge >= 0.3 is 5.97 Å². The van der Waals surface area contributed by atoms with Crippen molar-refractivity contribution < 1.29 is 14.3 Å². The summed E-state index contributed by atoms with van der Waals surface area (Å²) in [6, 6.07) is 7.37. The first-order valence-electron chi connectivity index (χ1n) is 7.30. The second-order valence-corrected chi connectivity index (χ2v) is 5.68. The lowest BCUT2D eigenvalue weighted by Gasteiger charge is -2.02. The van der Waals surface area contributed by atoms with Gasteiger partial charge in [-0.05, 0) is 26.0 Å². The summed E-state index contributed by atoms with van der Waals surface area (Å²) < 4.78 is 4.85. The molecule has 0 aliphatic heterocycles. The van der Waals surface area contributed by atoms with Gasteiger partial charge in [-0.3, -0.25) is 10.2 Å². The molecule has 0 unspecified atom stereocenters. The maximum atomic E-state index is 11.5. The number of thiazole rings is 1. The van der Waals surface area contributed by atoms with Gasteiger partial charge in [0.2, 0.25) is 11.0 Å². The lowest BCUT2D eigenvalue weighted by atomic mass is 10.1. The van der Waals surface area contributed by atoms with Gasteiger partial charge in [0.1, 0.15) is 5.71 Å². The van der Waals surface area contributed by atoms with Crippen LogP contribution < -0.4 is 10.7 Å². The summed E-state index contributed by atoms with van der Waals surface area (Å²) in [5.41, 5.74) is 5.40. The number of esters is 1. The minimum absolute atomic E-state index is 0. The molecular formula is C16H19BrN4O3S. The third-order valence-corrected chi connectivity index (χ3v) is 3.64. The number of nitrogens with zero attached hydrogens (tertiary/aromatic N) is 2. The highest BCUT2D eigenvalue weighted by molar-refractivity contribution is 8.93. The topological polar surface area (TPSA) is 92.7 Å². The summed E-state index contributed by atoms with van der Waals surface area (Å²) >= 11 is 1.38. The van der Waals surface area contributed by atoms with Crippen molar-refractivity contribution in [2.75, 3.05) is 17.3 Å². The van der Waals surface area contributed by atoms with Crippen LogP contribution in [0.2, 0.25) is 0 Å². The Bertz CT molecular complexity index is 759. The molecular weight excluding hydrogens is 408 g/mol. The maximum absolute atomic E-state index is 11.5. The Morgan fingerprint density at radius 3 is 2.52 bits per heavy atom. The average Bonchev–Trinajstić information content (AvgIpc) is 3.02. The molecule has 25 heavy (non-hydrogen) atoms. The van der Waals surface area contributed by atoms with Crippen LogP contribution in [0.25, 0.3) is 11.3 Å². The number of hydrogen-bond acceptors (Lipinski definition) is 7. The van der Waals surface area contributed by atoms with Crippen LogP contribution in [0.15, 0.2) is 34.7 Å². The van der Waals surface area contributed by atoms with Gasteiger partial charge in [-0.1, -0.05) is 12.1 Å². The van der Waals surface area contributed by atoms with Gasteiger partial charge < -0.3 is 10.1 Å². The smallest absolute Gasteiger partial charge is 0.354 e. The Kier molecular flexibility index (Phi) is 8.23. The van der Waals surface area contributed by atoms with Crippen LogP contribution in [0.1, 0.15) is 20.8 Å². The van der Waals surface area contributed by atoms with Crippen LogP contribution >= 0.6 is 28.3 Å². The molecule has 1 aromatic heterocycles. The monoisotopic (exact) mass is 426 g/mol. The van der Waals surface area contributed by atoms with Gasteiger partial charge in [0, 0.05) is 23.6 Å². The largest absolute Gasteiger partial charge is 0.461 e. The van der Waals surface area contributed by atoms with E-state index in [4.69, 9.17) is 4.74 Å². The lowest BCUT2D eigenvalue weighted by Crippen LogP contribution is -2.15. The van der Waals surface area contributed by atoms with Crippen molar-refractivity contribution in [2.24, 2.45) is 5.10 Å². The number of carbonyl (C=O) groups is 2. The van der Waals surface area contributed by atoms with Crippen molar-refractivity contribution in [3.05, 3.63) is 29.6 Å². The van der Waals surface area contributed by atoms with Gasteiger partial charge in [0.25, 0.3) is 0 Å². The van der Waals surface area contributed by atoms with Gasteiger partial charge in [-0.2, -0.15) is 5.10 Å². The second-order valence-electron chi connectivity index (χ2n) is 4.83. The minimum Gasteiger partial charge on any atom is -0.461 e. The van der Waals surface area contributed by atoms with Crippen molar-refractivity contribution in [3.8, 4) is 11.3 Å². The molecule has 0 bridgehead atoms. The quantitative estimate of drug-likeness (QED) is 0.417. The fourth-order valence-electron chi connectivity index (χ4n) is 1.80. The van der Waals surface area contributed by atoms with E-state index in [1.807, 2.05) is 29.6 Å². The normalized spacial score (nSPS) is 10.6. The molecule has 2 rings (SSSR count). The molecule has 1 aromatic carbocycles. The predicted octanol–water partition coefficient (Wildman–Crippen LogP) is 3.70. The zero-order valence-corrected chi connectivity index (χ0v) is 16.6. The molecule has 0 saturated heterocycles. The van der Waals surface area contributed by atoms with Crippen LogP contribution in [-0.4, -0.2) is 29.2 Å². The van der Waals surface area contributed by atoms with Crippen molar-refractivity contribution in [2.45, 2.75) is 20.8 Å². The number of amides is 1. The number of ether oxygens (including phenoxy) is 1. The highest BCUT2D eigenvalue weighted by Gasteiger charge is 2.08. The van der Waals surface area contributed by atoms with Crippen LogP contribution in [0.5, 0.6) is 0 Å². The number of anilines is 2. The maximum Gasteiger partial charge on any atom is 0.354 e. The summed E-state index contributed by atoms with van der Waals surface area (Å²) in [7, 11) is 0. The fraction of sp³-hybridized carbons (Fsp3) is 0.250. The molecule has 0 aliphatic rings. The molecule has 9 heteroatoms. The number of rotatable bonds is 6. The third kappa shape index (κ3) is 6.28. The number of halogens is 1. The molecule has 0 radical (unpaired) electrons. The van der Waals surface area contributed by atoms with Crippen molar-refractivity contribution in [1.29, 1.82) is 0 Å². The first-order chi connectivity index (χ1) is 11.5. The molecule has 0 atom stereocenters. The van der Waals surface area contributed by atoms with E-state index in [0.717, 1.165) is 16.9 Å². The van der Waals surface area contributed by atoms with Gasteiger partial charge in [0.05, 0.1) is 12.3 Å². The first kappa shape index (κ1) is 20.8. The Morgan fingerprint density at radius 1 is 1.24 bits per heavy atom. The standard InChI is InChI=1S/C16H18N4O3S.BrH/c1-4-23-15(22)10(2)19-20-16-18-14(9-24-16)12-5-7-13(8-6-12)17-11(3)21;/h5-9H,4H2,1-3H3,(H,17,21)(H,18,20);1H/b19-10+;. The Balaban J connectivity index is 0.00000312. The first-order valence-corrected chi connectivity index (χ1v) is 8.18. The van der Waals surface area contributed by atoms with E-state index in [9.17, 15) is 9.59 Å². The Labute approximate surface area is 160 Å². The lowest BCUT2D eigenvalue weighted by molar-refractivity contribution is -0.135. The molecule has 0 fully saturated rings. The highest BCUT2D eigenvalue weighted by atomic mass is 79.9. The summed E-state index contributed by atoms with van der Waals surface area (Å²) in [6.45, 7) is 5.08. The summed E-state index contributed by atoms with van der Waals surface area (Å²) in [4.78, 5) is 26.9. The minimum atomic E-state index is -0.463. The number of aromatic nitrogens is 1. The van der Waals surface area contributed by atoms with Crippen molar-refractivity contribution >= 4 is 56.7 Å². The van der Waals surface area contributed by atoms with Crippen LogP contribution in [0.4, 0.5) is 10.8 Å². The van der Waals surface area contributed by atoms with Gasteiger partial charge in [-0.25, -0.2) is 9.78 Å². The number of nitrogens with one attached hydrogen (secondary N) is 2. The predicted molar refractivity (Wildman–Crippen MR) is 106 cm³/mol. The Hall–Kier alpha value is -2.26. The fourth-order valence-corrected chi connectivity index (χ4v) is 2.46. The molecule has 0 saturated carbocycles. The van der Waals surface area contributed by atoms with E-state index in [2.05, 4.69) is 20.8 Å². The molecule has 0 spiro atoms. The molecule has 1 amide bonds. The van der Waals surface area contributed by atoms with Gasteiger partial charge in [-0.15, -0.1) is 28.3 Å². The SMILES string of the molecule is Br.CCOC(=O)/C(C)=N/Nc1nc(-c2ccc(NC(C)=O)cc2)cs1. The van der Waals surface area contributed by atoms with E-state index in [1.54, 1.807) is 13.8 Å². The van der Waals surface area contributed by atoms with Crippen LogP contribution in [0.3, 0.4) is 0 Å². The molecule has 134 valence electrons. The zero-order chi connectivity index (χ0) is 17.5. The summed E-state index contributed by atoms with van der Waals surface area (Å²) in [6.07, 6.45) is 0. The molecule has 1 heterocycles.